The summed E-state index contributed by atoms with van der Waals surface area (Å²) in [5, 5.41) is 0. The second kappa shape index (κ2) is 11.8. The standard InChI is InChI=1S/C24H25N6O4P3/c25-21-16-17-22(24(27)23(21)26)32-29-35-28-36(33-19-12-6-2-7-13-19)30(31-18-10-4-1-5-11-18)37(29)34-20-14-8-3-9-15-20/h1-17,28,35H,25-27H2. The van der Waals surface area contributed by atoms with Crippen LogP contribution < -0.4 is 40.8 Å². The van der Waals surface area contributed by atoms with E-state index in [1.165, 1.54) is 0 Å². The third kappa shape index (κ3) is 6.14. The Morgan fingerprint density at radius 1 is 0.622 bits per heavy atom. The molecule has 3 unspecified atom stereocenters. The summed E-state index contributed by atoms with van der Waals surface area (Å²) in [6, 6.07) is 31.7. The molecule has 1 saturated heterocycles. The highest BCUT2D eigenvalue weighted by atomic mass is 31.3. The SMILES string of the molecule is Nc1ccc(ON2PNP(Oc3ccccc3)N(Oc3ccccc3)P2Oc2ccccc2)c(N)c1N. The van der Waals surface area contributed by atoms with E-state index >= 15 is 0 Å². The molecule has 0 aromatic heterocycles. The average molecular weight is 554 g/mol. The lowest BCUT2D eigenvalue weighted by molar-refractivity contribution is 0.0681. The zero-order valence-electron chi connectivity index (χ0n) is 19.5. The number of hydrogen-bond donors (Lipinski definition) is 4. The van der Waals surface area contributed by atoms with Crippen LogP contribution in [-0.4, -0.2) is 9.21 Å². The van der Waals surface area contributed by atoms with E-state index in [-0.39, 0.29) is 20.3 Å². The molecule has 1 aliphatic rings. The van der Waals surface area contributed by atoms with Crippen LogP contribution in [-0.2, 0) is 0 Å². The molecular weight excluding hydrogens is 529 g/mol. The largest absolute Gasteiger partial charge is 0.442 e. The molecule has 0 aliphatic carbocycles. The Balaban J connectivity index is 1.50. The Labute approximate surface area is 218 Å². The van der Waals surface area contributed by atoms with Gasteiger partial charge in [0.15, 0.2) is 5.75 Å². The van der Waals surface area contributed by atoms with E-state index in [1.807, 2.05) is 91.0 Å². The van der Waals surface area contributed by atoms with Gasteiger partial charge >= 0.3 is 8.45 Å². The van der Waals surface area contributed by atoms with Gasteiger partial charge in [-0.2, -0.15) is 0 Å². The van der Waals surface area contributed by atoms with Gasteiger partial charge in [-0.25, -0.2) is 4.86 Å². The molecule has 37 heavy (non-hydrogen) atoms. The summed E-state index contributed by atoms with van der Waals surface area (Å²) in [5.41, 5.74) is 19.0. The number of nitrogens with two attached hydrogens (primary N) is 3. The van der Waals surface area contributed by atoms with Crippen molar-refractivity contribution in [2.45, 2.75) is 0 Å². The lowest BCUT2D eigenvalue weighted by Crippen LogP contribution is -2.37. The Morgan fingerprint density at radius 3 is 1.81 bits per heavy atom. The van der Waals surface area contributed by atoms with E-state index in [9.17, 15) is 0 Å². The summed E-state index contributed by atoms with van der Waals surface area (Å²) in [5.74, 6) is 2.28. The van der Waals surface area contributed by atoms with Crippen molar-refractivity contribution < 1.29 is 18.7 Å². The molecule has 10 nitrogen and oxygen atoms in total. The van der Waals surface area contributed by atoms with Gasteiger partial charge in [0.1, 0.15) is 22.9 Å². The van der Waals surface area contributed by atoms with Gasteiger partial charge in [0.05, 0.1) is 20.3 Å². The Morgan fingerprint density at radius 2 is 1.19 bits per heavy atom. The lowest BCUT2D eigenvalue weighted by atomic mass is 10.2. The Hall–Kier alpha value is -3.35. The van der Waals surface area contributed by atoms with Crippen molar-refractivity contribution in [3.63, 3.8) is 0 Å². The van der Waals surface area contributed by atoms with Crippen LogP contribution >= 0.6 is 25.8 Å². The number of rotatable bonds is 8. The molecule has 4 aromatic rings. The van der Waals surface area contributed by atoms with Crippen molar-refractivity contribution >= 4 is 42.8 Å². The minimum absolute atomic E-state index is 0.0611. The molecule has 13 heteroatoms. The van der Waals surface area contributed by atoms with Gasteiger partial charge in [0.2, 0.25) is 0 Å². The molecule has 7 N–H and O–H groups in total. The van der Waals surface area contributed by atoms with Crippen LogP contribution in [0.3, 0.4) is 0 Å². The highest BCUT2D eigenvalue weighted by Crippen LogP contribution is 2.66. The quantitative estimate of drug-likeness (QED) is 0.151. The number of nitrogens with one attached hydrogen (secondary N) is 1. The van der Waals surface area contributed by atoms with Crippen LogP contribution in [0, 0.1) is 0 Å². The fourth-order valence-corrected chi connectivity index (χ4v) is 8.67. The first-order chi connectivity index (χ1) is 18.1. The van der Waals surface area contributed by atoms with Crippen molar-refractivity contribution in [3.05, 3.63) is 103 Å². The summed E-state index contributed by atoms with van der Waals surface area (Å²) in [7, 11) is -3.31. The molecular formula is C24H25N6O4P3. The first kappa shape index (κ1) is 25.3. The highest BCUT2D eigenvalue weighted by molar-refractivity contribution is 7.74. The van der Waals surface area contributed by atoms with E-state index in [0.29, 0.717) is 28.7 Å². The van der Waals surface area contributed by atoms with Crippen LogP contribution in [0.25, 0.3) is 0 Å². The molecule has 0 saturated carbocycles. The second-order valence-electron chi connectivity index (χ2n) is 7.56. The first-order valence-corrected chi connectivity index (χ1v) is 14.4. The molecule has 0 spiro atoms. The van der Waals surface area contributed by atoms with Gasteiger partial charge in [-0.05, 0) is 53.1 Å². The second-order valence-corrected chi connectivity index (χ2v) is 12.3. The van der Waals surface area contributed by atoms with Gasteiger partial charge in [-0.1, -0.05) is 54.6 Å². The highest BCUT2D eigenvalue weighted by Gasteiger charge is 2.46. The van der Waals surface area contributed by atoms with Crippen LogP contribution in [0.15, 0.2) is 103 Å². The maximum Gasteiger partial charge on any atom is 0.332 e. The van der Waals surface area contributed by atoms with Gasteiger partial charge in [-0.3, -0.25) is 0 Å². The lowest BCUT2D eigenvalue weighted by Gasteiger charge is -2.41. The minimum atomic E-state index is -1.74. The van der Waals surface area contributed by atoms with E-state index in [1.54, 1.807) is 21.3 Å². The summed E-state index contributed by atoms with van der Waals surface area (Å²) in [4.78, 5) is 16.0. The van der Waals surface area contributed by atoms with Gasteiger partial charge in [0, 0.05) is 4.60 Å². The number of para-hydroxylation sites is 3. The average Bonchev–Trinajstić information content (AvgIpc) is 2.93. The molecule has 0 radical (unpaired) electrons. The smallest absolute Gasteiger partial charge is 0.332 e. The fraction of sp³-hybridized carbons (Fsp3) is 0. The molecule has 190 valence electrons. The normalized spacial score (nSPS) is 18.8. The Bertz CT molecular complexity index is 1310. The van der Waals surface area contributed by atoms with Gasteiger partial charge in [0.25, 0.3) is 8.45 Å². The van der Waals surface area contributed by atoms with E-state index in [2.05, 4.69) is 4.86 Å². The molecule has 1 heterocycles. The summed E-state index contributed by atoms with van der Waals surface area (Å²) < 4.78 is 16.1. The molecule has 4 aromatic carbocycles. The predicted octanol–water partition coefficient (Wildman–Crippen LogP) is 6.05. The molecule has 1 fully saturated rings. The summed E-state index contributed by atoms with van der Waals surface area (Å²) >= 11 is 0. The van der Waals surface area contributed by atoms with E-state index in [0.717, 1.165) is 0 Å². The number of anilines is 3. The van der Waals surface area contributed by atoms with E-state index < -0.39 is 16.9 Å². The maximum absolute atomic E-state index is 6.46. The zero-order valence-corrected chi connectivity index (χ0v) is 22.3. The van der Waals surface area contributed by atoms with Gasteiger partial charge in [-0.15, -0.1) is 0 Å². The van der Waals surface area contributed by atoms with Crippen LogP contribution in [0.2, 0.25) is 0 Å². The van der Waals surface area contributed by atoms with E-state index in [4.69, 9.17) is 35.9 Å². The fourth-order valence-electron chi connectivity index (χ4n) is 3.11. The molecule has 3 atom stereocenters. The third-order valence-electron chi connectivity index (χ3n) is 4.96. The molecule has 1 aliphatic heterocycles. The van der Waals surface area contributed by atoms with Crippen LogP contribution in [0.1, 0.15) is 0 Å². The first-order valence-electron chi connectivity index (χ1n) is 11.1. The van der Waals surface area contributed by atoms with Crippen molar-refractivity contribution in [2.75, 3.05) is 17.2 Å². The van der Waals surface area contributed by atoms with Crippen molar-refractivity contribution in [3.8, 4) is 23.0 Å². The summed E-state index contributed by atoms with van der Waals surface area (Å²) in [6.45, 7) is 0. The predicted molar refractivity (Wildman–Crippen MR) is 150 cm³/mol. The molecule has 5 rings (SSSR count). The topological polar surface area (TPSA) is 133 Å². The minimum Gasteiger partial charge on any atom is -0.442 e. The summed E-state index contributed by atoms with van der Waals surface area (Å²) in [6.07, 6.45) is 0. The Kier molecular flexibility index (Phi) is 8.07. The monoisotopic (exact) mass is 554 g/mol. The van der Waals surface area contributed by atoms with Crippen LogP contribution in [0.4, 0.5) is 17.1 Å². The van der Waals surface area contributed by atoms with Crippen molar-refractivity contribution in [1.82, 2.24) is 14.1 Å². The number of nitrogen functional groups attached to an aromatic ring is 3. The molecule has 0 amide bonds. The number of nitrogens with zero attached hydrogens (tertiary/aromatic N) is 2. The van der Waals surface area contributed by atoms with Gasteiger partial charge < -0.3 is 35.9 Å². The molecule has 0 bridgehead atoms. The number of hydrogen-bond acceptors (Lipinski definition) is 10. The van der Waals surface area contributed by atoms with Crippen molar-refractivity contribution in [2.24, 2.45) is 0 Å². The van der Waals surface area contributed by atoms with Crippen molar-refractivity contribution in [1.29, 1.82) is 0 Å². The van der Waals surface area contributed by atoms with Crippen LogP contribution in [0.5, 0.6) is 23.0 Å². The maximum atomic E-state index is 6.46. The zero-order chi connectivity index (χ0) is 25.6. The third-order valence-corrected chi connectivity index (χ3v) is 10.1. The number of benzene rings is 4.